The minimum atomic E-state index is -0.413. The van der Waals surface area contributed by atoms with E-state index in [0.717, 1.165) is 5.56 Å². The Bertz CT molecular complexity index is 986. The Morgan fingerprint density at radius 1 is 1.25 bits per heavy atom. The number of Topliss-reactive ketones (excluding diaryl/α,β-unsaturated/α-hetero) is 1. The summed E-state index contributed by atoms with van der Waals surface area (Å²) in [4.78, 5) is 12.7. The van der Waals surface area contributed by atoms with Gasteiger partial charge in [0.2, 0.25) is 0 Å². The fraction of sp³-hybridized carbons (Fsp3) is 0.190. The molecule has 1 heterocycles. The summed E-state index contributed by atoms with van der Waals surface area (Å²) in [5.74, 6) is 0.856. The molecule has 0 aliphatic carbocycles. The van der Waals surface area contributed by atoms with Crippen LogP contribution >= 0.6 is 11.8 Å². The van der Waals surface area contributed by atoms with E-state index in [4.69, 9.17) is 4.74 Å². The molecule has 0 N–H and O–H groups in total. The molecule has 0 bridgehead atoms. The van der Waals surface area contributed by atoms with Crippen molar-refractivity contribution in [3.05, 3.63) is 72.6 Å². The summed E-state index contributed by atoms with van der Waals surface area (Å²) in [7, 11) is 1.60. The standard InChI is InChI=1S/C21H20FN3O2S/c1-4-13-25-20(17-7-5-6-8-18(17)27-3)23-24-21(25)28-14(2)19(26)15-9-11-16(22)12-10-15/h4-12,14H,1,13H2,2-3H3/t14-/m0/s1. The molecule has 28 heavy (non-hydrogen) atoms. The third-order valence-electron chi connectivity index (χ3n) is 4.16. The van der Waals surface area contributed by atoms with Gasteiger partial charge >= 0.3 is 0 Å². The molecule has 0 aliphatic rings. The molecule has 3 aromatic rings. The Labute approximate surface area is 167 Å². The van der Waals surface area contributed by atoms with E-state index in [0.29, 0.717) is 28.8 Å². The maximum atomic E-state index is 13.1. The average molecular weight is 397 g/mol. The van der Waals surface area contributed by atoms with Crippen LogP contribution < -0.4 is 4.74 Å². The number of aromatic nitrogens is 3. The van der Waals surface area contributed by atoms with E-state index in [1.165, 1.54) is 36.0 Å². The number of carbonyl (C=O) groups excluding carboxylic acids is 1. The highest BCUT2D eigenvalue weighted by molar-refractivity contribution is 8.00. The van der Waals surface area contributed by atoms with E-state index in [9.17, 15) is 9.18 Å². The molecule has 0 unspecified atom stereocenters. The zero-order valence-electron chi connectivity index (χ0n) is 15.6. The topological polar surface area (TPSA) is 57.0 Å². The predicted molar refractivity (Wildman–Crippen MR) is 108 cm³/mol. The number of hydrogen-bond acceptors (Lipinski definition) is 5. The van der Waals surface area contributed by atoms with Gasteiger partial charge in [0.25, 0.3) is 0 Å². The Morgan fingerprint density at radius 3 is 2.64 bits per heavy atom. The third kappa shape index (κ3) is 4.14. The number of rotatable bonds is 8. The number of para-hydroxylation sites is 1. The van der Waals surface area contributed by atoms with Gasteiger partial charge in [0.1, 0.15) is 11.6 Å². The molecule has 0 radical (unpaired) electrons. The van der Waals surface area contributed by atoms with E-state index >= 15 is 0 Å². The van der Waals surface area contributed by atoms with Crippen molar-refractivity contribution in [3.63, 3.8) is 0 Å². The summed E-state index contributed by atoms with van der Waals surface area (Å²) < 4.78 is 20.4. The van der Waals surface area contributed by atoms with Gasteiger partial charge in [-0.2, -0.15) is 0 Å². The summed E-state index contributed by atoms with van der Waals surface area (Å²) in [6.45, 7) is 6.09. The van der Waals surface area contributed by atoms with Crippen molar-refractivity contribution in [2.24, 2.45) is 0 Å². The SMILES string of the molecule is C=CCn1c(S[C@@H](C)C(=O)c2ccc(F)cc2)nnc1-c1ccccc1OC. The van der Waals surface area contributed by atoms with E-state index in [1.807, 2.05) is 28.8 Å². The molecule has 0 saturated carbocycles. The van der Waals surface area contributed by atoms with Crippen molar-refractivity contribution >= 4 is 17.5 Å². The molecular weight excluding hydrogens is 377 g/mol. The van der Waals surface area contributed by atoms with Crippen LogP contribution in [0.15, 0.2) is 66.3 Å². The van der Waals surface area contributed by atoms with E-state index in [2.05, 4.69) is 16.8 Å². The van der Waals surface area contributed by atoms with Crippen molar-refractivity contribution in [3.8, 4) is 17.1 Å². The van der Waals surface area contributed by atoms with Crippen LogP contribution in [0.1, 0.15) is 17.3 Å². The number of ether oxygens (including phenoxy) is 1. The summed E-state index contributed by atoms with van der Waals surface area (Å²) in [6.07, 6.45) is 1.75. The smallest absolute Gasteiger partial charge is 0.192 e. The minimum Gasteiger partial charge on any atom is -0.496 e. The molecule has 3 rings (SSSR count). The van der Waals surface area contributed by atoms with Crippen LogP contribution in [0.25, 0.3) is 11.4 Å². The maximum Gasteiger partial charge on any atom is 0.192 e. The van der Waals surface area contributed by atoms with Crippen LogP contribution in [0.4, 0.5) is 4.39 Å². The number of nitrogens with zero attached hydrogens (tertiary/aromatic N) is 3. The van der Waals surface area contributed by atoms with Crippen molar-refractivity contribution < 1.29 is 13.9 Å². The number of carbonyl (C=O) groups is 1. The first-order valence-corrected chi connectivity index (χ1v) is 9.57. The maximum absolute atomic E-state index is 13.1. The van der Waals surface area contributed by atoms with Gasteiger partial charge in [0.15, 0.2) is 16.8 Å². The zero-order valence-corrected chi connectivity index (χ0v) is 16.4. The monoisotopic (exact) mass is 397 g/mol. The molecule has 144 valence electrons. The molecular formula is C21H20FN3O2S. The van der Waals surface area contributed by atoms with Crippen molar-refractivity contribution in [2.45, 2.75) is 23.9 Å². The van der Waals surface area contributed by atoms with Crippen LogP contribution in [0.3, 0.4) is 0 Å². The molecule has 2 aromatic carbocycles. The van der Waals surface area contributed by atoms with Gasteiger partial charge in [0, 0.05) is 12.1 Å². The summed E-state index contributed by atoms with van der Waals surface area (Å²) in [5.41, 5.74) is 1.27. The van der Waals surface area contributed by atoms with Crippen LogP contribution in [0.2, 0.25) is 0 Å². The first-order chi connectivity index (χ1) is 13.5. The lowest BCUT2D eigenvalue weighted by molar-refractivity contribution is 0.0994. The molecule has 0 aliphatic heterocycles. The molecule has 1 aromatic heterocycles. The lowest BCUT2D eigenvalue weighted by Crippen LogP contribution is -2.15. The number of hydrogen-bond donors (Lipinski definition) is 0. The van der Waals surface area contributed by atoms with Crippen LogP contribution in [0.5, 0.6) is 5.75 Å². The van der Waals surface area contributed by atoms with Crippen molar-refractivity contribution in [1.82, 2.24) is 14.8 Å². The summed E-state index contributed by atoms with van der Waals surface area (Å²) >= 11 is 1.30. The van der Waals surface area contributed by atoms with Crippen LogP contribution in [-0.4, -0.2) is 32.9 Å². The zero-order chi connectivity index (χ0) is 20.1. The normalized spacial score (nSPS) is 11.8. The first-order valence-electron chi connectivity index (χ1n) is 8.69. The number of allylic oxidation sites excluding steroid dienone is 1. The largest absolute Gasteiger partial charge is 0.496 e. The fourth-order valence-electron chi connectivity index (χ4n) is 2.76. The second-order valence-electron chi connectivity index (χ2n) is 6.04. The highest BCUT2D eigenvalue weighted by Gasteiger charge is 2.22. The Morgan fingerprint density at radius 2 is 1.96 bits per heavy atom. The molecule has 0 saturated heterocycles. The predicted octanol–water partition coefficient (Wildman–Crippen LogP) is 4.64. The molecule has 7 heteroatoms. The van der Waals surface area contributed by atoms with Gasteiger partial charge in [-0.25, -0.2) is 4.39 Å². The molecule has 0 fully saturated rings. The van der Waals surface area contributed by atoms with Crippen molar-refractivity contribution in [1.29, 1.82) is 0 Å². The number of halogens is 1. The van der Waals surface area contributed by atoms with Crippen LogP contribution in [0, 0.1) is 5.82 Å². The summed E-state index contributed by atoms with van der Waals surface area (Å²) in [5, 5.41) is 8.78. The minimum absolute atomic E-state index is 0.100. The van der Waals surface area contributed by atoms with E-state index < -0.39 is 5.25 Å². The molecule has 1 atom stereocenters. The quantitative estimate of drug-likeness (QED) is 0.315. The third-order valence-corrected chi connectivity index (χ3v) is 5.24. The van der Waals surface area contributed by atoms with Gasteiger partial charge in [0.05, 0.1) is 17.9 Å². The highest BCUT2D eigenvalue weighted by Crippen LogP contribution is 2.32. The van der Waals surface area contributed by atoms with Crippen molar-refractivity contribution in [2.75, 3.05) is 7.11 Å². The van der Waals surface area contributed by atoms with Gasteiger partial charge in [-0.15, -0.1) is 16.8 Å². The second-order valence-corrected chi connectivity index (χ2v) is 7.34. The Kier molecular flexibility index (Phi) is 6.26. The molecule has 0 spiro atoms. The van der Waals surface area contributed by atoms with Gasteiger partial charge < -0.3 is 4.74 Å². The average Bonchev–Trinajstić information content (AvgIpc) is 3.10. The second kappa shape index (κ2) is 8.84. The van der Waals surface area contributed by atoms with Gasteiger partial charge in [-0.1, -0.05) is 30.0 Å². The Balaban J connectivity index is 1.90. The van der Waals surface area contributed by atoms with E-state index in [-0.39, 0.29) is 11.6 Å². The molecule has 0 amide bonds. The molecule has 5 nitrogen and oxygen atoms in total. The van der Waals surface area contributed by atoms with Crippen LogP contribution in [-0.2, 0) is 6.54 Å². The summed E-state index contributed by atoms with van der Waals surface area (Å²) in [6, 6.07) is 13.1. The highest BCUT2D eigenvalue weighted by atomic mass is 32.2. The van der Waals surface area contributed by atoms with Gasteiger partial charge in [-0.05, 0) is 43.3 Å². The van der Waals surface area contributed by atoms with Gasteiger partial charge in [-0.3, -0.25) is 9.36 Å². The Hall–Kier alpha value is -2.93. The number of ketones is 1. The lowest BCUT2D eigenvalue weighted by atomic mass is 10.1. The number of benzene rings is 2. The lowest BCUT2D eigenvalue weighted by Gasteiger charge is -2.13. The first kappa shape index (κ1) is 19.8. The number of methoxy groups -OCH3 is 1. The van der Waals surface area contributed by atoms with E-state index in [1.54, 1.807) is 20.1 Å². The number of thioether (sulfide) groups is 1. The fourth-order valence-corrected chi connectivity index (χ4v) is 3.69.